The third-order valence-corrected chi connectivity index (χ3v) is 3.47. The number of hydrogen-bond acceptors (Lipinski definition) is 2. The van der Waals surface area contributed by atoms with Crippen LogP contribution in [0.1, 0.15) is 44.2 Å². The molecule has 0 saturated heterocycles. The first kappa shape index (κ1) is 12.1. The predicted molar refractivity (Wildman–Crippen MR) is 68.3 cm³/mol. The van der Waals surface area contributed by atoms with E-state index in [1.807, 2.05) is 0 Å². The molecule has 1 saturated carbocycles. The zero-order valence-electron chi connectivity index (χ0n) is 10.7. The molecule has 1 aromatic rings. The molecule has 3 heteroatoms. The second kappa shape index (κ2) is 4.15. The molecule has 1 amide bonds. The van der Waals surface area contributed by atoms with Crippen LogP contribution < -0.4 is 11.3 Å². The molecule has 1 aliphatic carbocycles. The topological polar surface area (TPSA) is 55.1 Å². The second-order valence-electron chi connectivity index (χ2n) is 5.83. The van der Waals surface area contributed by atoms with Crippen molar-refractivity contribution in [2.45, 2.75) is 38.5 Å². The van der Waals surface area contributed by atoms with Crippen molar-refractivity contribution < 1.29 is 4.79 Å². The number of hydrazine groups is 1. The second-order valence-corrected chi connectivity index (χ2v) is 5.83. The van der Waals surface area contributed by atoms with Crippen LogP contribution in [0.25, 0.3) is 0 Å². The predicted octanol–water partition coefficient (Wildman–Crippen LogP) is 2.08. The lowest BCUT2D eigenvalue weighted by Gasteiger charge is -2.19. The molecular weight excluding hydrogens is 212 g/mol. The number of carbonyl (C=O) groups excluding carboxylic acids is 1. The summed E-state index contributed by atoms with van der Waals surface area (Å²) in [6.07, 6.45) is 0.915. The first-order valence-electron chi connectivity index (χ1n) is 6.04. The normalized spacial score (nSPS) is 23.3. The summed E-state index contributed by atoms with van der Waals surface area (Å²) in [5, 5.41) is 0. The minimum atomic E-state index is -0.0464. The average Bonchev–Trinajstić information content (AvgIpc) is 3.07. The van der Waals surface area contributed by atoms with Crippen LogP contribution in [0.3, 0.4) is 0 Å². The molecule has 0 spiro atoms. The molecule has 3 nitrogen and oxygen atoms in total. The van der Waals surface area contributed by atoms with Gasteiger partial charge in [-0.1, -0.05) is 45.0 Å². The number of carbonyl (C=O) groups is 1. The van der Waals surface area contributed by atoms with Crippen molar-refractivity contribution in [2.24, 2.45) is 11.8 Å². The summed E-state index contributed by atoms with van der Waals surface area (Å²) in [6.45, 7) is 6.59. The Morgan fingerprint density at radius 3 is 2.35 bits per heavy atom. The molecule has 1 aromatic carbocycles. The minimum Gasteiger partial charge on any atom is -0.294 e. The number of hydrogen-bond donors (Lipinski definition) is 2. The summed E-state index contributed by atoms with van der Waals surface area (Å²) >= 11 is 0. The third kappa shape index (κ3) is 2.50. The minimum absolute atomic E-state index is 0.0464. The van der Waals surface area contributed by atoms with Gasteiger partial charge in [0.15, 0.2) is 0 Å². The Kier molecular flexibility index (Phi) is 2.96. The molecule has 17 heavy (non-hydrogen) atoms. The average molecular weight is 232 g/mol. The number of nitrogens with one attached hydrogen (secondary N) is 1. The van der Waals surface area contributed by atoms with Gasteiger partial charge in [0.05, 0.1) is 0 Å². The van der Waals surface area contributed by atoms with Crippen LogP contribution in [0.2, 0.25) is 0 Å². The van der Waals surface area contributed by atoms with Crippen molar-refractivity contribution in [3.05, 3.63) is 35.4 Å². The van der Waals surface area contributed by atoms with Gasteiger partial charge < -0.3 is 0 Å². The molecule has 0 heterocycles. The van der Waals surface area contributed by atoms with Crippen molar-refractivity contribution in [3.8, 4) is 0 Å². The molecule has 0 aromatic heterocycles. The highest BCUT2D eigenvalue weighted by atomic mass is 16.2. The van der Waals surface area contributed by atoms with E-state index in [1.165, 1.54) is 11.1 Å². The van der Waals surface area contributed by atoms with Crippen LogP contribution in [0, 0.1) is 5.92 Å². The number of nitrogens with two attached hydrogens (primary N) is 1. The van der Waals surface area contributed by atoms with Gasteiger partial charge in [-0.05, 0) is 28.9 Å². The van der Waals surface area contributed by atoms with Gasteiger partial charge in [0, 0.05) is 5.92 Å². The van der Waals surface area contributed by atoms with Crippen molar-refractivity contribution in [2.75, 3.05) is 0 Å². The smallest absolute Gasteiger partial charge is 0.237 e. The Hall–Kier alpha value is -1.35. The first-order valence-corrected chi connectivity index (χ1v) is 6.04. The number of benzene rings is 1. The summed E-state index contributed by atoms with van der Waals surface area (Å²) in [5.41, 5.74) is 4.96. The van der Waals surface area contributed by atoms with Crippen LogP contribution >= 0.6 is 0 Å². The first-order chi connectivity index (χ1) is 7.93. The zero-order valence-corrected chi connectivity index (χ0v) is 10.7. The van der Waals surface area contributed by atoms with Gasteiger partial charge in [0.25, 0.3) is 0 Å². The zero-order chi connectivity index (χ0) is 12.6. The maximum Gasteiger partial charge on any atom is 0.237 e. The Morgan fingerprint density at radius 1 is 1.29 bits per heavy atom. The van der Waals surface area contributed by atoms with Crippen molar-refractivity contribution in [1.29, 1.82) is 0 Å². The Bertz CT molecular complexity index is 417. The maximum absolute atomic E-state index is 11.3. The van der Waals surface area contributed by atoms with Gasteiger partial charge in [-0.15, -0.1) is 0 Å². The van der Waals surface area contributed by atoms with Crippen LogP contribution in [0.15, 0.2) is 24.3 Å². The summed E-state index contributed by atoms with van der Waals surface area (Å²) in [4.78, 5) is 11.3. The van der Waals surface area contributed by atoms with E-state index >= 15 is 0 Å². The maximum atomic E-state index is 11.3. The molecule has 0 unspecified atom stereocenters. The highest BCUT2D eigenvalue weighted by Crippen LogP contribution is 2.47. The number of amides is 1. The van der Waals surface area contributed by atoms with Crippen molar-refractivity contribution >= 4 is 5.91 Å². The molecule has 1 aliphatic rings. The monoisotopic (exact) mass is 232 g/mol. The summed E-state index contributed by atoms with van der Waals surface area (Å²) in [6, 6.07) is 8.58. The van der Waals surface area contributed by atoms with E-state index in [0.29, 0.717) is 5.92 Å². The molecule has 0 aliphatic heterocycles. The molecule has 1 fully saturated rings. The molecule has 92 valence electrons. The van der Waals surface area contributed by atoms with E-state index in [9.17, 15) is 4.79 Å². The third-order valence-electron chi connectivity index (χ3n) is 3.47. The summed E-state index contributed by atoms with van der Waals surface area (Å²) < 4.78 is 0. The van der Waals surface area contributed by atoms with E-state index in [4.69, 9.17) is 5.84 Å². The van der Waals surface area contributed by atoms with Gasteiger partial charge in [-0.3, -0.25) is 10.2 Å². The highest BCUT2D eigenvalue weighted by molar-refractivity contribution is 5.82. The standard InChI is InChI=1S/C14H20N2O/c1-14(2,3)10-6-4-9(5-7-10)11-8-12(11)13(17)16-15/h4-7,11-12H,8,15H2,1-3H3,(H,16,17)/t11-,12+/m1/s1. The lowest BCUT2D eigenvalue weighted by atomic mass is 9.86. The van der Waals surface area contributed by atoms with Crippen LogP contribution in [-0.4, -0.2) is 5.91 Å². The fourth-order valence-corrected chi connectivity index (χ4v) is 2.19. The highest BCUT2D eigenvalue weighted by Gasteiger charge is 2.43. The SMILES string of the molecule is CC(C)(C)c1ccc([C@H]2C[C@@H]2C(=O)NN)cc1. The molecule has 0 radical (unpaired) electrons. The lowest BCUT2D eigenvalue weighted by Crippen LogP contribution is -2.31. The largest absolute Gasteiger partial charge is 0.294 e. The van der Waals surface area contributed by atoms with Crippen LogP contribution in [0.5, 0.6) is 0 Å². The van der Waals surface area contributed by atoms with Crippen LogP contribution in [0.4, 0.5) is 0 Å². The Morgan fingerprint density at radius 2 is 1.88 bits per heavy atom. The van der Waals surface area contributed by atoms with Gasteiger partial charge in [0.1, 0.15) is 0 Å². The van der Waals surface area contributed by atoms with E-state index < -0.39 is 0 Å². The molecule has 0 bridgehead atoms. The molecule has 2 atom stereocenters. The van der Waals surface area contributed by atoms with Gasteiger partial charge >= 0.3 is 0 Å². The quantitative estimate of drug-likeness (QED) is 0.466. The Labute approximate surface area is 102 Å². The van der Waals surface area contributed by atoms with E-state index in [1.54, 1.807) is 0 Å². The van der Waals surface area contributed by atoms with E-state index in [0.717, 1.165) is 6.42 Å². The molecule has 2 rings (SSSR count). The van der Waals surface area contributed by atoms with Gasteiger partial charge in [-0.25, -0.2) is 5.84 Å². The lowest BCUT2D eigenvalue weighted by molar-refractivity contribution is -0.122. The van der Waals surface area contributed by atoms with Crippen LogP contribution in [-0.2, 0) is 10.2 Å². The van der Waals surface area contributed by atoms with Gasteiger partial charge in [-0.2, -0.15) is 0 Å². The number of rotatable bonds is 2. The summed E-state index contributed by atoms with van der Waals surface area (Å²) in [5.74, 6) is 5.51. The fraction of sp³-hybridized carbons (Fsp3) is 0.500. The summed E-state index contributed by atoms with van der Waals surface area (Å²) in [7, 11) is 0. The van der Waals surface area contributed by atoms with Gasteiger partial charge in [0.2, 0.25) is 5.91 Å². The van der Waals surface area contributed by atoms with Crippen molar-refractivity contribution in [1.82, 2.24) is 5.43 Å². The van der Waals surface area contributed by atoms with E-state index in [-0.39, 0.29) is 17.2 Å². The molecular formula is C14H20N2O. The Balaban J connectivity index is 2.08. The molecule has 3 N–H and O–H groups in total. The van der Waals surface area contributed by atoms with E-state index in [2.05, 4.69) is 50.5 Å². The van der Waals surface area contributed by atoms with Crippen molar-refractivity contribution in [3.63, 3.8) is 0 Å². The fourth-order valence-electron chi connectivity index (χ4n) is 2.19.